The summed E-state index contributed by atoms with van der Waals surface area (Å²) in [5.41, 5.74) is -2.31. The molecule has 0 saturated heterocycles. The van der Waals surface area contributed by atoms with Crippen LogP contribution in [0, 0.1) is 0 Å². The van der Waals surface area contributed by atoms with Crippen molar-refractivity contribution in [1.29, 1.82) is 0 Å². The first kappa shape index (κ1) is 24.0. The topological polar surface area (TPSA) is 30.9 Å². The molecule has 3 aromatic rings. The van der Waals surface area contributed by atoms with Crippen molar-refractivity contribution in [2.45, 2.75) is 23.6 Å². The molecule has 1 heterocycles. The average molecular weight is 503 g/mol. The third kappa shape index (κ3) is 3.32. The van der Waals surface area contributed by atoms with E-state index in [4.69, 9.17) is 14.2 Å². The highest BCUT2D eigenvalue weighted by atomic mass is 19.4. The van der Waals surface area contributed by atoms with Gasteiger partial charge in [0, 0.05) is 17.2 Å². The molecule has 3 atom stereocenters. The van der Waals surface area contributed by atoms with E-state index in [-0.39, 0.29) is 16.8 Å². The summed E-state index contributed by atoms with van der Waals surface area (Å²) in [5, 5.41) is 0. The molecule has 4 nitrogen and oxygen atoms in total. The Kier molecular flexibility index (Phi) is 5.61. The van der Waals surface area contributed by atoms with Crippen LogP contribution in [0.25, 0.3) is 5.70 Å². The van der Waals surface area contributed by atoms with Crippen molar-refractivity contribution >= 4 is 11.4 Å². The Morgan fingerprint density at radius 1 is 0.778 bits per heavy atom. The SMILES string of the molecule is COc1ccc(C(=C(F)F)N2c3ccc(OC)cc3[C@H]3[C@@H]2[C@]3(c2ccc(OC)cc2)C(F)(F)F)cc1. The molecule has 0 bridgehead atoms. The first-order valence-corrected chi connectivity index (χ1v) is 11.1. The Balaban J connectivity index is 1.74. The molecule has 1 aliphatic carbocycles. The van der Waals surface area contributed by atoms with E-state index in [1.807, 2.05) is 0 Å². The number of alkyl halides is 3. The molecule has 0 radical (unpaired) electrons. The summed E-state index contributed by atoms with van der Waals surface area (Å²) in [4.78, 5) is 1.13. The molecular weight excluding hydrogens is 481 g/mol. The number of hydrogen-bond acceptors (Lipinski definition) is 4. The number of hydrogen-bond donors (Lipinski definition) is 0. The second kappa shape index (κ2) is 8.43. The summed E-state index contributed by atoms with van der Waals surface area (Å²) in [6, 6.07) is 14.7. The lowest BCUT2D eigenvalue weighted by Gasteiger charge is -2.33. The lowest BCUT2D eigenvalue weighted by molar-refractivity contribution is -0.163. The van der Waals surface area contributed by atoms with E-state index < -0.39 is 35.3 Å². The van der Waals surface area contributed by atoms with Crippen molar-refractivity contribution in [1.82, 2.24) is 0 Å². The third-order valence-corrected chi connectivity index (χ3v) is 7.09. The van der Waals surface area contributed by atoms with Crippen LogP contribution in [0.3, 0.4) is 0 Å². The van der Waals surface area contributed by atoms with Crippen LogP contribution in [0.15, 0.2) is 72.8 Å². The molecule has 36 heavy (non-hydrogen) atoms. The smallest absolute Gasteiger partial charge is 0.401 e. The molecule has 0 aromatic heterocycles. The fourth-order valence-corrected chi connectivity index (χ4v) is 5.49. The minimum Gasteiger partial charge on any atom is -0.497 e. The van der Waals surface area contributed by atoms with Gasteiger partial charge in [0.2, 0.25) is 0 Å². The highest BCUT2D eigenvalue weighted by Crippen LogP contribution is 2.76. The first-order valence-electron chi connectivity index (χ1n) is 11.1. The quantitative estimate of drug-likeness (QED) is 0.348. The zero-order valence-electron chi connectivity index (χ0n) is 19.6. The second-order valence-corrected chi connectivity index (χ2v) is 8.65. The highest BCUT2D eigenvalue weighted by molar-refractivity contribution is 5.89. The van der Waals surface area contributed by atoms with Gasteiger partial charge in [-0.15, -0.1) is 0 Å². The van der Waals surface area contributed by atoms with Crippen LogP contribution < -0.4 is 19.1 Å². The fraction of sp³-hybridized carbons (Fsp3) is 0.259. The molecule has 188 valence electrons. The van der Waals surface area contributed by atoms with E-state index in [9.17, 15) is 22.0 Å². The van der Waals surface area contributed by atoms with Gasteiger partial charge in [0.25, 0.3) is 6.08 Å². The fourth-order valence-electron chi connectivity index (χ4n) is 5.49. The lowest BCUT2D eigenvalue weighted by atomic mass is 9.87. The summed E-state index contributed by atoms with van der Waals surface area (Å²) in [6.07, 6.45) is -6.81. The Labute approximate surface area is 204 Å². The summed E-state index contributed by atoms with van der Waals surface area (Å²) in [5.74, 6) is 0.0804. The first-order chi connectivity index (χ1) is 17.2. The standard InChI is InChI=1S/C27H22F5NO3/c1-34-17-8-4-15(5-9-17)23(25(28)29)33-21-13-12-19(36-3)14-20(21)22-24(33)26(22,27(30,31)32)16-6-10-18(35-2)11-7-16/h4-14,22,24H,1-3H3/t22-,24+,26+/m0/s1. The van der Waals surface area contributed by atoms with Crippen molar-refractivity contribution in [3.8, 4) is 17.2 Å². The minimum absolute atomic E-state index is 0.0161. The highest BCUT2D eigenvalue weighted by Gasteiger charge is 2.84. The second-order valence-electron chi connectivity index (χ2n) is 8.65. The van der Waals surface area contributed by atoms with Crippen LogP contribution in [0.1, 0.15) is 22.6 Å². The molecule has 3 aromatic carbocycles. The molecule has 1 aliphatic heterocycles. The molecule has 0 unspecified atom stereocenters. The molecule has 1 saturated carbocycles. The molecule has 5 rings (SSSR count). The van der Waals surface area contributed by atoms with E-state index in [1.165, 1.54) is 82.0 Å². The number of nitrogens with zero attached hydrogens (tertiary/aromatic N) is 1. The van der Waals surface area contributed by atoms with Crippen molar-refractivity contribution < 1.29 is 36.2 Å². The Bertz CT molecular complexity index is 1320. The van der Waals surface area contributed by atoms with Crippen LogP contribution in [0.2, 0.25) is 0 Å². The van der Waals surface area contributed by atoms with Gasteiger partial charge in [0.05, 0.1) is 27.4 Å². The van der Waals surface area contributed by atoms with Gasteiger partial charge in [0.1, 0.15) is 28.4 Å². The Hall–Kier alpha value is -3.75. The van der Waals surface area contributed by atoms with E-state index in [2.05, 4.69) is 0 Å². The molecule has 0 amide bonds. The summed E-state index contributed by atoms with van der Waals surface area (Å²) in [6.45, 7) is 0. The number of halogens is 5. The van der Waals surface area contributed by atoms with Crippen LogP contribution in [0.4, 0.5) is 27.6 Å². The van der Waals surface area contributed by atoms with Crippen molar-refractivity contribution in [2.75, 3.05) is 26.2 Å². The van der Waals surface area contributed by atoms with Crippen LogP contribution in [-0.4, -0.2) is 33.5 Å². The van der Waals surface area contributed by atoms with Crippen molar-refractivity contribution in [3.63, 3.8) is 0 Å². The van der Waals surface area contributed by atoms with Gasteiger partial charge in [-0.3, -0.25) is 0 Å². The Morgan fingerprint density at radius 2 is 1.31 bits per heavy atom. The molecule has 2 aliphatic rings. The van der Waals surface area contributed by atoms with Crippen LogP contribution in [-0.2, 0) is 5.41 Å². The minimum atomic E-state index is -4.73. The van der Waals surface area contributed by atoms with Crippen LogP contribution >= 0.6 is 0 Å². The van der Waals surface area contributed by atoms with Gasteiger partial charge in [-0.25, -0.2) is 0 Å². The van der Waals surface area contributed by atoms with Gasteiger partial charge in [0.15, 0.2) is 0 Å². The van der Waals surface area contributed by atoms with Crippen molar-refractivity contribution in [2.24, 2.45) is 0 Å². The average Bonchev–Trinajstić information content (AvgIpc) is 3.48. The summed E-state index contributed by atoms with van der Waals surface area (Å²) in [7, 11) is 4.26. The van der Waals surface area contributed by atoms with Crippen molar-refractivity contribution in [3.05, 3.63) is 89.5 Å². The predicted octanol–water partition coefficient (Wildman–Crippen LogP) is 6.76. The number of benzene rings is 3. The number of rotatable bonds is 6. The van der Waals surface area contributed by atoms with E-state index >= 15 is 0 Å². The third-order valence-electron chi connectivity index (χ3n) is 7.09. The molecule has 1 fully saturated rings. The molecule has 0 spiro atoms. The van der Waals surface area contributed by atoms with Gasteiger partial charge in [-0.05, 0) is 65.7 Å². The Morgan fingerprint density at radius 3 is 1.81 bits per heavy atom. The van der Waals surface area contributed by atoms with Gasteiger partial charge < -0.3 is 19.1 Å². The number of methoxy groups -OCH3 is 3. The van der Waals surface area contributed by atoms with Gasteiger partial charge >= 0.3 is 6.18 Å². The number of ether oxygens (including phenoxy) is 3. The normalized spacial score (nSPS) is 21.9. The number of fused-ring (bicyclic) bond motifs is 3. The summed E-state index contributed by atoms with van der Waals surface area (Å²) >= 11 is 0. The zero-order valence-corrected chi connectivity index (χ0v) is 19.6. The predicted molar refractivity (Wildman–Crippen MR) is 125 cm³/mol. The van der Waals surface area contributed by atoms with Gasteiger partial charge in [-0.1, -0.05) is 12.1 Å². The summed E-state index contributed by atoms with van der Waals surface area (Å²) < 4.78 is 89.6. The molecule has 9 heteroatoms. The monoisotopic (exact) mass is 503 g/mol. The molecule has 0 N–H and O–H groups in total. The van der Waals surface area contributed by atoms with Crippen LogP contribution in [0.5, 0.6) is 17.2 Å². The number of anilines is 1. The van der Waals surface area contributed by atoms with E-state index in [0.717, 1.165) is 4.90 Å². The zero-order chi connectivity index (χ0) is 25.8. The molecular formula is C27H22F5NO3. The largest absolute Gasteiger partial charge is 0.497 e. The van der Waals surface area contributed by atoms with Gasteiger partial charge in [-0.2, -0.15) is 22.0 Å². The maximum Gasteiger partial charge on any atom is 0.401 e. The van der Waals surface area contributed by atoms with E-state index in [0.29, 0.717) is 22.8 Å². The lowest BCUT2D eigenvalue weighted by Crippen LogP contribution is -2.40. The maximum atomic E-state index is 15.0. The maximum absolute atomic E-state index is 15.0. The van der Waals surface area contributed by atoms with E-state index in [1.54, 1.807) is 6.07 Å².